The van der Waals surface area contributed by atoms with E-state index < -0.39 is 0 Å². The average molecular weight is 447 g/mol. The number of hydrogen-bond donors (Lipinski definition) is 0. The monoisotopic (exact) mass is 446 g/mol. The van der Waals surface area contributed by atoms with E-state index in [9.17, 15) is 0 Å². The van der Waals surface area contributed by atoms with Crippen LogP contribution in [0.15, 0.2) is 85.5 Å². The third-order valence-corrected chi connectivity index (χ3v) is 7.96. The van der Waals surface area contributed by atoms with Gasteiger partial charge in [-0.05, 0) is 87.7 Å². The Labute approximate surface area is 200 Å². The Bertz CT molecular complexity index is 2070. The summed E-state index contributed by atoms with van der Waals surface area (Å²) in [6, 6.07) is 22.5. The van der Waals surface area contributed by atoms with E-state index in [1.807, 2.05) is 24.8 Å². The van der Waals surface area contributed by atoms with Gasteiger partial charge < -0.3 is 0 Å². The number of aromatic nitrogens is 4. The molecule has 2 aliphatic carbocycles. The summed E-state index contributed by atoms with van der Waals surface area (Å²) in [5, 5.41) is 3.29. The molecule has 9 rings (SSSR count). The molecule has 0 spiro atoms. The number of benzene rings is 3. The van der Waals surface area contributed by atoms with Gasteiger partial charge >= 0.3 is 0 Å². The Kier molecular flexibility index (Phi) is 3.11. The van der Waals surface area contributed by atoms with Crippen LogP contribution in [0.1, 0.15) is 22.3 Å². The third kappa shape index (κ3) is 2.20. The highest BCUT2D eigenvalue weighted by atomic mass is 15.0. The van der Waals surface area contributed by atoms with Crippen molar-refractivity contribution in [1.29, 1.82) is 0 Å². The molecule has 4 heterocycles. The van der Waals surface area contributed by atoms with Crippen molar-refractivity contribution in [3.63, 3.8) is 0 Å². The van der Waals surface area contributed by atoms with E-state index in [2.05, 4.69) is 75.0 Å². The summed E-state index contributed by atoms with van der Waals surface area (Å²) < 4.78 is 2.30. The maximum atomic E-state index is 5.14. The van der Waals surface area contributed by atoms with Crippen molar-refractivity contribution < 1.29 is 0 Å². The van der Waals surface area contributed by atoms with Gasteiger partial charge in [0.05, 0.1) is 16.6 Å². The number of rotatable bonds is 0. The Morgan fingerprint density at radius 3 is 2.26 bits per heavy atom. The normalized spacial score (nSPS) is 13.5. The lowest BCUT2D eigenvalue weighted by molar-refractivity contribution is 1.21. The zero-order valence-corrected chi connectivity index (χ0v) is 18.8. The summed E-state index contributed by atoms with van der Waals surface area (Å²) in [5.41, 5.74) is 15.4. The van der Waals surface area contributed by atoms with Crippen molar-refractivity contribution in [3.05, 3.63) is 108 Å². The fourth-order valence-corrected chi connectivity index (χ4v) is 6.42. The van der Waals surface area contributed by atoms with E-state index in [1.165, 1.54) is 44.5 Å². The molecule has 4 heteroatoms. The second-order valence-corrected chi connectivity index (χ2v) is 9.76. The first-order valence-electron chi connectivity index (χ1n) is 12.0. The Morgan fingerprint density at radius 1 is 0.571 bits per heavy atom. The van der Waals surface area contributed by atoms with Crippen molar-refractivity contribution in [3.8, 4) is 22.3 Å². The quantitative estimate of drug-likeness (QED) is 0.243. The summed E-state index contributed by atoms with van der Waals surface area (Å²) in [6.07, 6.45) is 9.57. The third-order valence-electron chi connectivity index (χ3n) is 7.96. The standard InChI is InChI=1S/C31H18N4/c1-2-4-21-17(3-1)9-18-10-19-11-20-12-28-30(14-25(20)24(19)13-23(18)21)35-29-6-8-33-16-27(29)26-15-32-7-5-22(26)31(35)34-28/h1-8,10,12-16H,9,11H2. The molecule has 35 heavy (non-hydrogen) atoms. The molecule has 0 amide bonds. The van der Waals surface area contributed by atoms with Crippen molar-refractivity contribution in [2.24, 2.45) is 0 Å². The molecule has 0 radical (unpaired) electrons. The number of pyridine rings is 3. The molecule has 0 saturated heterocycles. The molecule has 4 aromatic heterocycles. The van der Waals surface area contributed by atoms with E-state index in [0.29, 0.717) is 0 Å². The van der Waals surface area contributed by atoms with Crippen LogP contribution in [0.5, 0.6) is 0 Å². The molecule has 4 nitrogen and oxygen atoms in total. The Hall–Kier alpha value is -4.57. The first-order chi connectivity index (χ1) is 17.3. The minimum absolute atomic E-state index is 0.966. The van der Waals surface area contributed by atoms with Crippen LogP contribution in [-0.4, -0.2) is 19.4 Å². The lowest BCUT2D eigenvalue weighted by Gasteiger charge is -2.09. The largest absolute Gasteiger partial charge is 0.292 e. The van der Waals surface area contributed by atoms with Gasteiger partial charge in [0, 0.05) is 40.9 Å². The van der Waals surface area contributed by atoms with Gasteiger partial charge in [0.2, 0.25) is 0 Å². The van der Waals surface area contributed by atoms with E-state index in [4.69, 9.17) is 4.98 Å². The number of nitrogens with zero attached hydrogens (tertiary/aromatic N) is 4. The van der Waals surface area contributed by atoms with Crippen molar-refractivity contribution >= 4 is 38.4 Å². The Morgan fingerprint density at radius 2 is 1.31 bits per heavy atom. The van der Waals surface area contributed by atoms with Gasteiger partial charge in [0.25, 0.3) is 0 Å². The smallest absolute Gasteiger partial charge is 0.146 e. The zero-order valence-electron chi connectivity index (χ0n) is 18.8. The molecule has 0 N–H and O–H groups in total. The molecule has 2 aliphatic rings. The van der Waals surface area contributed by atoms with Crippen LogP contribution in [0.3, 0.4) is 0 Å². The van der Waals surface area contributed by atoms with E-state index >= 15 is 0 Å². The van der Waals surface area contributed by atoms with Crippen molar-refractivity contribution in [2.75, 3.05) is 0 Å². The highest BCUT2D eigenvalue weighted by molar-refractivity contribution is 6.13. The lowest BCUT2D eigenvalue weighted by atomic mass is 9.98. The number of imidazole rings is 1. The van der Waals surface area contributed by atoms with Crippen LogP contribution < -0.4 is 0 Å². The van der Waals surface area contributed by atoms with Gasteiger partial charge in [-0.25, -0.2) is 4.98 Å². The average Bonchev–Trinajstić information content (AvgIpc) is 3.56. The van der Waals surface area contributed by atoms with Crippen LogP contribution >= 0.6 is 0 Å². The van der Waals surface area contributed by atoms with Gasteiger partial charge in [-0.3, -0.25) is 14.4 Å². The highest BCUT2D eigenvalue weighted by Gasteiger charge is 2.26. The first-order valence-corrected chi connectivity index (χ1v) is 12.0. The number of fused-ring (bicyclic) bond motifs is 14. The summed E-state index contributed by atoms with van der Waals surface area (Å²) in [7, 11) is 0. The van der Waals surface area contributed by atoms with E-state index in [1.54, 1.807) is 0 Å². The SMILES string of the molecule is c1ccc2c(c1)Cc1cc3c(cc1-2)-c1cc2c(cc1C3)nc1c3ccncc3c3cnccc3n21. The molecule has 0 fully saturated rings. The topological polar surface area (TPSA) is 43.1 Å². The summed E-state index contributed by atoms with van der Waals surface area (Å²) >= 11 is 0. The van der Waals surface area contributed by atoms with Crippen LogP contribution in [0, 0.1) is 0 Å². The molecule has 0 unspecified atom stereocenters. The summed E-state index contributed by atoms with van der Waals surface area (Å²) in [6.45, 7) is 0. The highest BCUT2D eigenvalue weighted by Crippen LogP contribution is 2.46. The molecule has 0 saturated carbocycles. The molecule has 3 aromatic carbocycles. The van der Waals surface area contributed by atoms with Gasteiger partial charge in [0.1, 0.15) is 5.65 Å². The maximum Gasteiger partial charge on any atom is 0.146 e. The van der Waals surface area contributed by atoms with Crippen molar-refractivity contribution in [2.45, 2.75) is 12.8 Å². The predicted octanol–water partition coefficient (Wildman–Crippen LogP) is 6.73. The molecule has 162 valence electrons. The second-order valence-electron chi connectivity index (χ2n) is 9.76. The summed E-state index contributed by atoms with van der Waals surface area (Å²) in [4.78, 5) is 13.9. The molecular formula is C31H18N4. The van der Waals surface area contributed by atoms with Crippen molar-refractivity contribution in [1.82, 2.24) is 19.4 Å². The van der Waals surface area contributed by atoms with Gasteiger partial charge in [0.15, 0.2) is 0 Å². The fourth-order valence-electron chi connectivity index (χ4n) is 6.42. The van der Waals surface area contributed by atoms with Gasteiger partial charge in [-0.2, -0.15) is 0 Å². The van der Waals surface area contributed by atoms with Crippen LogP contribution in [-0.2, 0) is 12.8 Å². The molecule has 0 bridgehead atoms. The minimum Gasteiger partial charge on any atom is -0.292 e. The van der Waals surface area contributed by atoms with E-state index in [-0.39, 0.29) is 0 Å². The molecule has 7 aromatic rings. The molecule has 0 atom stereocenters. The van der Waals surface area contributed by atoms with Gasteiger partial charge in [-0.15, -0.1) is 0 Å². The molecular weight excluding hydrogens is 428 g/mol. The number of hydrogen-bond acceptors (Lipinski definition) is 3. The van der Waals surface area contributed by atoms with E-state index in [0.717, 1.165) is 51.2 Å². The van der Waals surface area contributed by atoms with Crippen LogP contribution in [0.25, 0.3) is 60.6 Å². The first kappa shape index (κ1) is 17.8. The fraction of sp³-hybridized carbons (Fsp3) is 0.0645. The van der Waals surface area contributed by atoms with Crippen LogP contribution in [0.2, 0.25) is 0 Å². The minimum atomic E-state index is 0.966. The zero-order chi connectivity index (χ0) is 22.7. The van der Waals surface area contributed by atoms with Crippen LogP contribution in [0.4, 0.5) is 0 Å². The molecule has 0 aliphatic heterocycles. The maximum absolute atomic E-state index is 5.14. The second kappa shape index (κ2) is 6.10. The predicted molar refractivity (Wildman–Crippen MR) is 140 cm³/mol. The lowest BCUT2D eigenvalue weighted by Crippen LogP contribution is -1.92. The van der Waals surface area contributed by atoms with Gasteiger partial charge in [-0.1, -0.05) is 30.3 Å². The summed E-state index contributed by atoms with van der Waals surface area (Å²) in [5.74, 6) is 0. The Balaban J connectivity index is 1.37.